The van der Waals surface area contributed by atoms with E-state index in [1.165, 1.54) is 42.8 Å². The van der Waals surface area contributed by atoms with Crippen molar-refractivity contribution in [2.75, 3.05) is 20.1 Å². The Morgan fingerprint density at radius 1 is 1.29 bits per heavy atom. The minimum Gasteiger partial charge on any atom is -0.319 e. The number of aryl methyl sites for hydroxylation is 2. The maximum Gasteiger partial charge on any atom is 0.0644 e. The first-order chi connectivity index (χ1) is 9.97. The molecule has 0 saturated carbocycles. The van der Waals surface area contributed by atoms with Crippen LogP contribution in [0.2, 0.25) is 0 Å². The van der Waals surface area contributed by atoms with Crippen molar-refractivity contribution in [2.24, 2.45) is 13.0 Å². The van der Waals surface area contributed by atoms with Gasteiger partial charge in [-0.05, 0) is 66.6 Å². The van der Waals surface area contributed by atoms with Crippen molar-refractivity contribution in [3.8, 4) is 0 Å². The van der Waals surface area contributed by atoms with Crippen LogP contribution in [0.5, 0.6) is 0 Å². The Morgan fingerprint density at radius 2 is 2.00 bits per heavy atom. The molecule has 0 aliphatic carbocycles. The largest absolute Gasteiger partial charge is 0.319 e. The van der Waals surface area contributed by atoms with Gasteiger partial charge in [-0.15, -0.1) is 0 Å². The van der Waals surface area contributed by atoms with Crippen molar-refractivity contribution in [3.05, 3.63) is 17.0 Å². The fraction of sp³-hybridized carbons (Fsp3) is 0.824. The Balaban J connectivity index is 2.47. The number of hydrogen-bond acceptors (Lipinski definition) is 3. The van der Waals surface area contributed by atoms with Crippen molar-refractivity contribution < 1.29 is 0 Å². The molecule has 0 radical (unpaired) electrons. The lowest BCUT2D eigenvalue weighted by molar-refractivity contribution is 0.117. The summed E-state index contributed by atoms with van der Waals surface area (Å²) in [6.45, 7) is 11.3. The van der Waals surface area contributed by atoms with E-state index in [2.05, 4.69) is 57.1 Å². The van der Waals surface area contributed by atoms with E-state index in [-0.39, 0.29) is 0 Å². The summed E-state index contributed by atoms with van der Waals surface area (Å²) in [4.78, 5) is 2.70. The van der Waals surface area contributed by atoms with Gasteiger partial charge in [0.25, 0.3) is 0 Å². The Bertz CT molecular complexity index is 464. The number of rotatable bonds is 4. The topological polar surface area (TPSA) is 33.1 Å². The van der Waals surface area contributed by atoms with Crippen LogP contribution in [-0.4, -0.2) is 40.9 Å². The highest BCUT2D eigenvalue weighted by molar-refractivity contribution is 5.29. The molecule has 4 heteroatoms. The molecule has 2 rings (SSSR count). The summed E-state index contributed by atoms with van der Waals surface area (Å²) in [6.07, 6.45) is 3.96. The molecule has 4 nitrogen and oxygen atoms in total. The molecule has 1 fully saturated rings. The predicted molar refractivity (Wildman–Crippen MR) is 88.5 cm³/mol. The second-order valence-corrected chi connectivity index (χ2v) is 6.80. The molecule has 0 bridgehead atoms. The number of nitrogens with one attached hydrogen (secondary N) is 1. The lowest BCUT2D eigenvalue weighted by Crippen LogP contribution is -2.40. The average Bonchev–Trinajstić information content (AvgIpc) is 2.60. The first kappa shape index (κ1) is 16.5. The number of likely N-dealkylation sites (tertiary alicyclic amines) is 1. The molecule has 2 atom stereocenters. The van der Waals surface area contributed by atoms with Gasteiger partial charge < -0.3 is 5.32 Å². The summed E-state index contributed by atoms with van der Waals surface area (Å²) in [5, 5.41) is 8.09. The van der Waals surface area contributed by atoms with Crippen LogP contribution >= 0.6 is 0 Å². The fourth-order valence-corrected chi connectivity index (χ4v) is 3.94. The second-order valence-electron chi connectivity index (χ2n) is 6.80. The van der Waals surface area contributed by atoms with E-state index in [0.717, 1.165) is 6.54 Å². The zero-order valence-electron chi connectivity index (χ0n) is 14.6. The summed E-state index contributed by atoms with van der Waals surface area (Å²) in [5.41, 5.74) is 3.99. The number of aromatic nitrogens is 2. The highest BCUT2D eigenvalue weighted by atomic mass is 15.3. The van der Waals surface area contributed by atoms with E-state index >= 15 is 0 Å². The number of hydrogen-bond donors (Lipinski definition) is 1. The van der Waals surface area contributed by atoms with E-state index in [1.54, 1.807) is 0 Å². The highest BCUT2D eigenvalue weighted by Crippen LogP contribution is 2.38. The maximum atomic E-state index is 4.67. The van der Waals surface area contributed by atoms with Gasteiger partial charge in [-0.25, -0.2) is 0 Å². The average molecular weight is 292 g/mol. The predicted octanol–water partition coefficient (Wildman–Crippen LogP) is 2.81. The van der Waals surface area contributed by atoms with Gasteiger partial charge in [0.15, 0.2) is 0 Å². The summed E-state index contributed by atoms with van der Waals surface area (Å²) in [5.74, 6) is 0.668. The van der Waals surface area contributed by atoms with Crippen LogP contribution < -0.4 is 5.32 Å². The van der Waals surface area contributed by atoms with Crippen LogP contribution in [0.1, 0.15) is 56.1 Å². The van der Waals surface area contributed by atoms with Crippen molar-refractivity contribution in [1.29, 1.82) is 0 Å². The third kappa shape index (κ3) is 3.32. The van der Waals surface area contributed by atoms with Gasteiger partial charge in [0.1, 0.15) is 0 Å². The van der Waals surface area contributed by atoms with Crippen LogP contribution in [-0.2, 0) is 7.05 Å². The molecule has 0 spiro atoms. The molecule has 0 amide bonds. The van der Waals surface area contributed by atoms with Crippen LogP contribution in [0.4, 0.5) is 0 Å². The Hall–Kier alpha value is -0.870. The monoisotopic (exact) mass is 292 g/mol. The van der Waals surface area contributed by atoms with E-state index in [9.17, 15) is 0 Å². The van der Waals surface area contributed by atoms with Crippen molar-refractivity contribution in [2.45, 2.75) is 59.0 Å². The zero-order chi connectivity index (χ0) is 15.6. The smallest absolute Gasteiger partial charge is 0.0644 e. The van der Waals surface area contributed by atoms with Crippen LogP contribution in [0.3, 0.4) is 0 Å². The van der Waals surface area contributed by atoms with Crippen LogP contribution in [0.25, 0.3) is 0 Å². The molecule has 120 valence electrons. The molecule has 1 saturated heterocycles. The molecule has 1 N–H and O–H groups in total. The maximum absolute atomic E-state index is 4.67. The minimum absolute atomic E-state index is 0.494. The molecule has 2 unspecified atom stereocenters. The molecule has 1 aromatic rings. The number of nitrogens with zero attached hydrogens (tertiary/aromatic N) is 3. The van der Waals surface area contributed by atoms with Gasteiger partial charge in [-0.2, -0.15) is 5.10 Å². The molecule has 1 aliphatic rings. The van der Waals surface area contributed by atoms with Crippen molar-refractivity contribution in [1.82, 2.24) is 20.0 Å². The van der Waals surface area contributed by atoms with E-state index in [0.29, 0.717) is 18.0 Å². The zero-order valence-corrected chi connectivity index (χ0v) is 14.6. The molecule has 21 heavy (non-hydrogen) atoms. The van der Waals surface area contributed by atoms with E-state index in [1.807, 2.05) is 4.68 Å². The van der Waals surface area contributed by atoms with Gasteiger partial charge in [0.2, 0.25) is 0 Å². The standard InChI is InChI=1S/C17H32N4/c1-12(2)21-10-8-7-9-15(11-18-5)17(21)16-13(3)19-20(6)14(16)4/h12,15,17-18H,7-11H2,1-6H3. The molecule has 1 aliphatic heterocycles. The Morgan fingerprint density at radius 3 is 2.52 bits per heavy atom. The van der Waals surface area contributed by atoms with Gasteiger partial charge in [-0.1, -0.05) is 6.42 Å². The summed E-state index contributed by atoms with van der Waals surface area (Å²) in [6, 6.07) is 1.07. The quantitative estimate of drug-likeness (QED) is 0.926. The molecule has 1 aromatic heterocycles. The SMILES string of the molecule is CNCC1CCCCN(C(C)C)C1c1c(C)nn(C)c1C. The first-order valence-electron chi connectivity index (χ1n) is 8.37. The molecule has 0 aromatic carbocycles. The first-order valence-corrected chi connectivity index (χ1v) is 8.37. The molecular weight excluding hydrogens is 260 g/mol. The summed E-state index contributed by atoms with van der Waals surface area (Å²) >= 11 is 0. The normalized spacial score (nSPS) is 24.5. The van der Waals surface area contributed by atoms with Crippen molar-refractivity contribution >= 4 is 0 Å². The third-order valence-corrected chi connectivity index (χ3v) is 5.04. The fourth-order valence-electron chi connectivity index (χ4n) is 3.94. The van der Waals surface area contributed by atoms with E-state index in [4.69, 9.17) is 0 Å². The lowest BCUT2D eigenvalue weighted by Gasteiger charge is -2.38. The van der Waals surface area contributed by atoms with Crippen LogP contribution in [0, 0.1) is 19.8 Å². The highest BCUT2D eigenvalue weighted by Gasteiger charge is 2.35. The van der Waals surface area contributed by atoms with Crippen LogP contribution in [0.15, 0.2) is 0 Å². The van der Waals surface area contributed by atoms with Gasteiger partial charge >= 0.3 is 0 Å². The Labute approximate surface area is 129 Å². The molecule has 2 heterocycles. The minimum atomic E-state index is 0.494. The lowest BCUT2D eigenvalue weighted by atomic mass is 9.87. The Kier molecular flexibility index (Phi) is 5.44. The summed E-state index contributed by atoms with van der Waals surface area (Å²) in [7, 11) is 4.14. The third-order valence-electron chi connectivity index (χ3n) is 5.04. The second kappa shape index (κ2) is 6.93. The molecular formula is C17H32N4. The summed E-state index contributed by atoms with van der Waals surface area (Å²) < 4.78 is 2.05. The van der Waals surface area contributed by atoms with Gasteiger partial charge in [0, 0.05) is 30.4 Å². The van der Waals surface area contributed by atoms with Crippen molar-refractivity contribution in [3.63, 3.8) is 0 Å². The van der Waals surface area contributed by atoms with Gasteiger partial charge in [-0.3, -0.25) is 9.58 Å². The van der Waals surface area contributed by atoms with Gasteiger partial charge in [0.05, 0.1) is 5.69 Å². The van der Waals surface area contributed by atoms with E-state index < -0.39 is 0 Å².